The Morgan fingerprint density at radius 3 is 2.47 bits per heavy atom. The summed E-state index contributed by atoms with van der Waals surface area (Å²) in [7, 11) is 1.57. The quantitative estimate of drug-likeness (QED) is 0.828. The van der Waals surface area contributed by atoms with Gasteiger partial charge in [-0.25, -0.2) is 0 Å². The van der Waals surface area contributed by atoms with Crippen molar-refractivity contribution in [2.24, 2.45) is 5.73 Å². The minimum Gasteiger partial charge on any atom is -0.504 e. The highest BCUT2D eigenvalue weighted by atomic mass is 16.5. The summed E-state index contributed by atoms with van der Waals surface area (Å²) in [6, 6.07) is 3.76. The van der Waals surface area contributed by atoms with Crippen LogP contribution in [-0.4, -0.2) is 12.2 Å². The van der Waals surface area contributed by atoms with Gasteiger partial charge in [-0.2, -0.15) is 0 Å². The fourth-order valence-corrected chi connectivity index (χ4v) is 2.90. The number of nitrogens with two attached hydrogens (primary N) is 1. The molecule has 1 aromatic carbocycles. The normalized spacial score (nSPS) is 19.0. The van der Waals surface area contributed by atoms with E-state index in [9.17, 15) is 5.11 Å². The van der Waals surface area contributed by atoms with E-state index < -0.39 is 0 Å². The van der Waals surface area contributed by atoms with Crippen LogP contribution in [0.4, 0.5) is 0 Å². The van der Waals surface area contributed by atoms with Crippen molar-refractivity contribution in [3.63, 3.8) is 0 Å². The van der Waals surface area contributed by atoms with Crippen LogP contribution in [0.1, 0.15) is 43.2 Å². The third-order valence-electron chi connectivity index (χ3n) is 3.81. The fraction of sp³-hybridized carbons (Fsp3) is 0.571. The first kappa shape index (κ1) is 12.2. The lowest BCUT2D eigenvalue weighted by Crippen LogP contribution is -2.39. The number of aromatic hydroxyl groups is 1. The molecule has 0 heterocycles. The van der Waals surface area contributed by atoms with Crippen molar-refractivity contribution < 1.29 is 9.84 Å². The number of phenols is 1. The second-order valence-electron chi connectivity index (χ2n) is 5.03. The number of ether oxygens (including phenoxy) is 1. The largest absolute Gasteiger partial charge is 0.504 e. The van der Waals surface area contributed by atoms with Crippen molar-refractivity contribution >= 4 is 0 Å². The molecule has 0 aliphatic heterocycles. The molecular formula is C14H21NO2. The van der Waals surface area contributed by atoms with Crippen molar-refractivity contribution in [3.05, 3.63) is 23.3 Å². The Hall–Kier alpha value is -1.22. The lowest BCUT2D eigenvalue weighted by atomic mass is 9.75. The van der Waals surface area contributed by atoms with Gasteiger partial charge in [0.05, 0.1) is 7.11 Å². The maximum atomic E-state index is 10.3. The Kier molecular flexibility index (Phi) is 3.29. The summed E-state index contributed by atoms with van der Waals surface area (Å²) < 4.78 is 5.17. The van der Waals surface area contributed by atoms with Gasteiger partial charge in [-0.1, -0.05) is 25.3 Å². The van der Waals surface area contributed by atoms with Gasteiger partial charge >= 0.3 is 0 Å². The Balaban J connectivity index is 2.49. The van der Waals surface area contributed by atoms with Crippen molar-refractivity contribution in [3.8, 4) is 11.5 Å². The van der Waals surface area contributed by atoms with Crippen LogP contribution in [0.25, 0.3) is 0 Å². The van der Waals surface area contributed by atoms with Crippen molar-refractivity contribution in [2.75, 3.05) is 7.11 Å². The first-order valence-electron chi connectivity index (χ1n) is 6.24. The molecule has 1 fully saturated rings. The molecule has 2 rings (SSSR count). The molecule has 0 bridgehead atoms. The van der Waals surface area contributed by atoms with E-state index in [1.807, 2.05) is 13.0 Å². The average molecular weight is 235 g/mol. The maximum absolute atomic E-state index is 10.3. The number of aryl methyl sites for hydroxylation is 1. The average Bonchev–Trinajstić information content (AvgIpc) is 2.30. The summed E-state index contributed by atoms with van der Waals surface area (Å²) in [6.07, 6.45) is 5.38. The first-order valence-corrected chi connectivity index (χ1v) is 6.24. The van der Waals surface area contributed by atoms with Crippen LogP contribution in [0, 0.1) is 6.92 Å². The van der Waals surface area contributed by atoms with Gasteiger partial charge in [-0.3, -0.25) is 0 Å². The monoisotopic (exact) mass is 235 g/mol. The highest BCUT2D eigenvalue weighted by molar-refractivity contribution is 5.52. The summed E-state index contributed by atoms with van der Waals surface area (Å²) in [5.74, 6) is 0.734. The van der Waals surface area contributed by atoms with E-state index in [0.717, 1.165) is 36.8 Å². The number of hydrogen-bond acceptors (Lipinski definition) is 3. The third-order valence-corrected chi connectivity index (χ3v) is 3.81. The van der Waals surface area contributed by atoms with Crippen molar-refractivity contribution in [1.29, 1.82) is 0 Å². The second-order valence-corrected chi connectivity index (χ2v) is 5.03. The predicted molar refractivity (Wildman–Crippen MR) is 68.3 cm³/mol. The predicted octanol–water partition coefficient (Wildman–Crippen LogP) is 2.83. The summed E-state index contributed by atoms with van der Waals surface area (Å²) in [6.45, 7) is 2.00. The number of benzene rings is 1. The summed E-state index contributed by atoms with van der Waals surface area (Å²) in [4.78, 5) is 0. The van der Waals surface area contributed by atoms with Crippen LogP contribution in [0.5, 0.6) is 11.5 Å². The van der Waals surface area contributed by atoms with Gasteiger partial charge in [0.25, 0.3) is 0 Å². The number of methoxy groups -OCH3 is 1. The van der Waals surface area contributed by atoms with E-state index in [2.05, 4.69) is 0 Å². The molecule has 94 valence electrons. The molecule has 0 atom stereocenters. The lowest BCUT2D eigenvalue weighted by Gasteiger charge is -2.35. The van der Waals surface area contributed by atoms with Crippen LogP contribution in [0.3, 0.4) is 0 Å². The van der Waals surface area contributed by atoms with Gasteiger partial charge in [0.15, 0.2) is 11.5 Å². The molecule has 0 spiro atoms. The molecule has 0 unspecified atom stereocenters. The zero-order valence-corrected chi connectivity index (χ0v) is 10.6. The Morgan fingerprint density at radius 2 is 1.88 bits per heavy atom. The zero-order valence-electron chi connectivity index (χ0n) is 10.6. The molecule has 1 aromatic rings. The molecule has 0 saturated heterocycles. The second kappa shape index (κ2) is 4.57. The molecule has 3 heteroatoms. The molecule has 1 saturated carbocycles. The van der Waals surface area contributed by atoms with E-state index in [1.54, 1.807) is 13.2 Å². The maximum Gasteiger partial charge on any atom is 0.163 e. The molecule has 3 N–H and O–H groups in total. The van der Waals surface area contributed by atoms with Gasteiger partial charge in [-0.15, -0.1) is 0 Å². The third kappa shape index (κ3) is 2.12. The Labute approximate surface area is 103 Å². The topological polar surface area (TPSA) is 55.5 Å². The minimum absolute atomic E-state index is 0.219. The van der Waals surface area contributed by atoms with E-state index >= 15 is 0 Å². The number of rotatable bonds is 2. The number of phenolic OH excluding ortho intramolecular Hbond substituents is 1. The van der Waals surface area contributed by atoms with Crippen LogP contribution in [-0.2, 0) is 5.54 Å². The van der Waals surface area contributed by atoms with Gasteiger partial charge in [-0.05, 0) is 31.4 Å². The Bertz CT molecular complexity index is 409. The molecule has 17 heavy (non-hydrogen) atoms. The van der Waals surface area contributed by atoms with Gasteiger partial charge < -0.3 is 15.6 Å². The molecule has 0 amide bonds. The minimum atomic E-state index is -0.388. The smallest absolute Gasteiger partial charge is 0.163 e. The molecular weight excluding hydrogens is 214 g/mol. The van der Waals surface area contributed by atoms with Gasteiger partial charge in [0.1, 0.15) is 0 Å². The van der Waals surface area contributed by atoms with Crippen molar-refractivity contribution in [2.45, 2.75) is 44.6 Å². The van der Waals surface area contributed by atoms with Gasteiger partial charge in [0.2, 0.25) is 0 Å². The standard InChI is InChI=1S/C14H21NO2/c1-10-6-7-11(17-2)13(16)12(10)14(15)8-4-3-5-9-14/h6-7,16H,3-5,8-9,15H2,1-2H3. The van der Waals surface area contributed by atoms with E-state index in [-0.39, 0.29) is 11.3 Å². The molecule has 1 aliphatic rings. The van der Waals surface area contributed by atoms with Crippen LogP contribution in [0.2, 0.25) is 0 Å². The summed E-state index contributed by atoms with van der Waals surface area (Å²) >= 11 is 0. The van der Waals surface area contributed by atoms with Crippen molar-refractivity contribution in [1.82, 2.24) is 0 Å². The molecule has 1 aliphatic carbocycles. The zero-order chi connectivity index (χ0) is 12.5. The van der Waals surface area contributed by atoms with E-state index in [0.29, 0.717) is 5.75 Å². The van der Waals surface area contributed by atoms with Gasteiger partial charge in [0, 0.05) is 11.1 Å². The highest BCUT2D eigenvalue weighted by Gasteiger charge is 2.34. The van der Waals surface area contributed by atoms with E-state index in [4.69, 9.17) is 10.5 Å². The SMILES string of the molecule is COc1ccc(C)c(C2(N)CCCCC2)c1O. The fourth-order valence-electron chi connectivity index (χ4n) is 2.90. The van der Waals surface area contributed by atoms with Crippen LogP contribution >= 0.6 is 0 Å². The lowest BCUT2D eigenvalue weighted by molar-refractivity contribution is 0.285. The van der Waals surface area contributed by atoms with Crippen LogP contribution in [0.15, 0.2) is 12.1 Å². The summed E-state index contributed by atoms with van der Waals surface area (Å²) in [5.41, 5.74) is 8.02. The molecule has 3 nitrogen and oxygen atoms in total. The van der Waals surface area contributed by atoms with E-state index in [1.165, 1.54) is 6.42 Å². The summed E-state index contributed by atoms with van der Waals surface area (Å²) in [5, 5.41) is 10.3. The molecule has 0 aromatic heterocycles. The molecule has 0 radical (unpaired) electrons. The number of hydrogen-bond donors (Lipinski definition) is 2. The highest BCUT2D eigenvalue weighted by Crippen LogP contribution is 2.44. The van der Waals surface area contributed by atoms with Crippen LogP contribution < -0.4 is 10.5 Å². The Morgan fingerprint density at radius 1 is 1.24 bits per heavy atom. The first-order chi connectivity index (χ1) is 8.08.